The van der Waals surface area contributed by atoms with Crippen LogP contribution in [0.2, 0.25) is 0 Å². The number of aliphatic hydroxyl groups excluding tert-OH is 2. The standard InChI is InChI=1S/C35H56O8/c1-8-19(2)31(39)42-22-13-14-34(6)21(15-22)16-26(36)29-24-11-10-23(35(24,7)27(37)17-25(29)34)20(3)9-12-28(38)43-30-32(40)41-18-33(30,4)5/h19-27,29-30,36-37H,8-18H2,1-7H3. The molecular formula is C35H56O8. The van der Waals surface area contributed by atoms with Crippen LogP contribution in [0.5, 0.6) is 0 Å². The fourth-order valence-electron chi connectivity index (χ4n) is 10.3. The van der Waals surface area contributed by atoms with Crippen molar-refractivity contribution in [2.24, 2.45) is 57.7 Å². The molecule has 0 aromatic rings. The zero-order valence-electron chi connectivity index (χ0n) is 27.5. The van der Waals surface area contributed by atoms with Crippen LogP contribution in [-0.2, 0) is 28.6 Å². The summed E-state index contributed by atoms with van der Waals surface area (Å²) in [7, 11) is 0. The Balaban J connectivity index is 1.24. The molecule has 4 saturated carbocycles. The van der Waals surface area contributed by atoms with Crippen LogP contribution < -0.4 is 0 Å². The highest BCUT2D eigenvalue weighted by Crippen LogP contribution is 2.68. The average molecular weight is 605 g/mol. The third kappa shape index (κ3) is 5.66. The third-order valence-electron chi connectivity index (χ3n) is 13.4. The molecular weight excluding hydrogens is 548 g/mol. The molecule has 43 heavy (non-hydrogen) atoms. The van der Waals surface area contributed by atoms with Gasteiger partial charge < -0.3 is 24.4 Å². The van der Waals surface area contributed by atoms with Crippen LogP contribution >= 0.6 is 0 Å². The van der Waals surface area contributed by atoms with Gasteiger partial charge in [0, 0.05) is 11.8 Å². The summed E-state index contributed by atoms with van der Waals surface area (Å²) in [4.78, 5) is 37.4. The third-order valence-corrected chi connectivity index (χ3v) is 13.4. The van der Waals surface area contributed by atoms with Crippen molar-refractivity contribution in [3.63, 3.8) is 0 Å². The summed E-state index contributed by atoms with van der Waals surface area (Å²) >= 11 is 0. The number of carbonyl (C=O) groups excluding carboxylic acids is 3. The predicted molar refractivity (Wildman–Crippen MR) is 160 cm³/mol. The molecule has 0 radical (unpaired) electrons. The first-order valence-electron chi connectivity index (χ1n) is 17.1. The maximum atomic E-state index is 12.8. The molecule has 1 heterocycles. The molecule has 4 aliphatic carbocycles. The lowest BCUT2D eigenvalue weighted by Crippen LogP contribution is -2.62. The molecule has 1 saturated heterocycles. The first-order chi connectivity index (χ1) is 20.1. The first kappa shape index (κ1) is 32.7. The molecule has 0 aromatic carbocycles. The lowest BCUT2D eigenvalue weighted by Gasteiger charge is -2.63. The predicted octanol–water partition coefficient (Wildman–Crippen LogP) is 5.46. The Kier molecular flexibility index (Phi) is 9.07. The van der Waals surface area contributed by atoms with Gasteiger partial charge in [0.25, 0.3) is 0 Å². The van der Waals surface area contributed by atoms with Gasteiger partial charge >= 0.3 is 17.9 Å². The van der Waals surface area contributed by atoms with Crippen LogP contribution in [0.4, 0.5) is 0 Å². The van der Waals surface area contributed by atoms with Gasteiger partial charge in [-0.15, -0.1) is 0 Å². The summed E-state index contributed by atoms with van der Waals surface area (Å²) < 4.78 is 16.6. The van der Waals surface area contributed by atoms with Crippen molar-refractivity contribution in [3.8, 4) is 0 Å². The van der Waals surface area contributed by atoms with Gasteiger partial charge in [0.1, 0.15) is 12.7 Å². The summed E-state index contributed by atoms with van der Waals surface area (Å²) in [6.45, 7) is 14.7. The number of fused-ring (bicyclic) bond motifs is 5. The van der Waals surface area contributed by atoms with Gasteiger partial charge in [0.2, 0.25) is 6.10 Å². The van der Waals surface area contributed by atoms with E-state index < -0.39 is 29.7 Å². The van der Waals surface area contributed by atoms with Crippen LogP contribution in [0.15, 0.2) is 0 Å². The molecule has 0 amide bonds. The number of esters is 3. The van der Waals surface area contributed by atoms with Gasteiger partial charge in [-0.05, 0) is 104 Å². The van der Waals surface area contributed by atoms with Crippen molar-refractivity contribution < 1.29 is 38.8 Å². The van der Waals surface area contributed by atoms with Crippen molar-refractivity contribution in [1.29, 1.82) is 0 Å². The van der Waals surface area contributed by atoms with Gasteiger partial charge in [0.15, 0.2) is 0 Å². The normalized spacial score (nSPS) is 44.8. The Morgan fingerprint density at radius 1 is 1.00 bits per heavy atom. The van der Waals surface area contributed by atoms with Gasteiger partial charge in [-0.25, -0.2) is 4.79 Å². The minimum Gasteiger partial charge on any atom is -0.462 e. The fourth-order valence-corrected chi connectivity index (χ4v) is 10.3. The van der Waals surface area contributed by atoms with E-state index in [0.29, 0.717) is 12.8 Å². The zero-order valence-corrected chi connectivity index (χ0v) is 27.5. The van der Waals surface area contributed by atoms with Gasteiger partial charge in [-0.3, -0.25) is 9.59 Å². The lowest BCUT2D eigenvalue weighted by atomic mass is 9.43. The van der Waals surface area contributed by atoms with Crippen LogP contribution in [0.25, 0.3) is 0 Å². The molecule has 244 valence electrons. The Labute approximate surface area is 258 Å². The summed E-state index contributed by atoms with van der Waals surface area (Å²) in [6.07, 6.45) is 5.73. The molecule has 8 nitrogen and oxygen atoms in total. The maximum absolute atomic E-state index is 12.8. The van der Waals surface area contributed by atoms with Crippen molar-refractivity contribution in [3.05, 3.63) is 0 Å². The minimum atomic E-state index is -0.860. The molecule has 13 atom stereocenters. The second-order valence-corrected chi connectivity index (χ2v) is 16.2. The molecule has 1 aliphatic heterocycles. The minimum absolute atomic E-state index is 0.00805. The molecule has 8 heteroatoms. The SMILES string of the molecule is CCC(C)C(=O)OC1CCC2(C)C(C1)CC(O)C1C2CC(O)C2(C)C(C(C)CCC(=O)OC3C(=O)OCC3(C)C)CCC12. The maximum Gasteiger partial charge on any atom is 0.348 e. The van der Waals surface area contributed by atoms with Crippen molar-refractivity contribution >= 4 is 17.9 Å². The quantitative estimate of drug-likeness (QED) is 0.277. The average Bonchev–Trinajstić information content (AvgIpc) is 3.44. The monoisotopic (exact) mass is 604 g/mol. The second kappa shape index (κ2) is 11.9. The molecule has 2 N–H and O–H groups in total. The summed E-state index contributed by atoms with van der Waals surface area (Å²) in [6, 6.07) is 0. The highest BCUT2D eigenvalue weighted by Gasteiger charge is 2.66. The molecule has 5 aliphatic rings. The van der Waals surface area contributed by atoms with Crippen LogP contribution in [0.3, 0.4) is 0 Å². The Hall–Kier alpha value is -1.67. The van der Waals surface area contributed by atoms with Crippen LogP contribution in [0, 0.1) is 57.7 Å². The summed E-state index contributed by atoms with van der Waals surface area (Å²) in [5.74, 6) is 0.252. The smallest absolute Gasteiger partial charge is 0.348 e. The second-order valence-electron chi connectivity index (χ2n) is 16.2. The number of hydrogen-bond donors (Lipinski definition) is 2. The number of ether oxygens (including phenoxy) is 3. The molecule has 0 aromatic heterocycles. The first-order valence-corrected chi connectivity index (χ1v) is 17.1. The van der Waals surface area contributed by atoms with Gasteiger partial charge in [-0.2, -0.15) is 0 Å². The van der Waals surface area contributed by atoms with Gasteiger partial charge in [-0.1, -0.05) is 48.5 Å². The Morgan fingerprint density at radius 2 is 1.72 bits per heavy atom. The number of carbonyl (C=O) groups is 3. The highest BCUT2D eigenvalue weighted by atomic mass is 16.6. The van der Waals surface area contributed by atoms with E-state index >= 15 is 0 Å². The molecule has 5 fully saturated rings. The zero-order chi connectivity index (χ0) is 31.5. The van der Waals surface area contributed by atoms with E-state index in [1.807, 2.05) is 27.7 Å². The summed E-state index contributed by atoms with van der Waals surface area (Å²) in [5, 5.41) is 23.6. The van der Waals surface area contributed by atoms with Crippen molar-refractivity contribution in [1.82, 2.24) is 0 Å². The fraction of sp³-hybridized carbons (Fsp3) is 0.914. The Morgan fingerprint density at radius 3 is 2.37 bits per heavy atom. The Bertz CT molecular complexity index is 1070. The largest absolute Gasteiger partial charge is 0.462 e. The van der Waals surface area contributed by atoms with E-state index in [1.54, 1.807) is 0 Å². The highest BCUT2D eigenvalue weighted by molar-refractivity contribution is 5.81. The van der Waals surface area contributed by atoms with Gasteiger partial charge in [0.05, 0.1) is 18.1 Å². The van der Waals surface area contributed by atoms with Crippen molar-refractivity contribution in [2.75, 3.05) is 6.61 Å². The number of cyclic esters (lactones) is 1. The van der Waals surface area contributed by atoms with E-state index in [4.69, 9.17) is 14.2 Å². The van der Waals surface area contributed by atoms with Crippen LogP contribution in [0.1, 0.15) is 113 Å². The van der Waals surface area contributed by atoms with E-state index in [9.17, 15) is 24.6 Å². The van der Waals surface area contributed by atoms with E-state index in [2.05, 4.69) is 20.8 Å². The van der Waals surface area contributed by atoms with E-state index in [1.165, 1.54) is 0 Å². The molecule has 0 bridgehead atoms. The topological polar surface area (TPSA) is 119 Å². The summed E-state index contributed by atoms with van der Waals surface area (Å²) in [5.41, 5.74) is -0.843. The van der Waals surface area contributed by atoms with Crippen molar-refractivity contribution in [2.45, 2.75) is 137 Å². The van der Waals surface area contributed by atoms with Crippen LogP contribution in [-0.4, -0.2) is 59.1 Å². The number of hydrogen-bond acceptors (Lipinski definition) is 8. The molecule has 0 spiro atoms. The molecule has 13 unspecified atom stereocenters. The number of aliphatic hydroxyl groups is 2. The lowest BCUT2D eigenvalue weighted by molar-refractivity contribution is -0.210. The van der Waals surface area contributed by atoms with E-state index in [-0.39, 0.29) is 83.3 Å². The molecule has 5 rings (SSSR count). The number of rotatable bonds is 8. The van der Waals surface area contributed by atoms with E-state index in [0.717, 1.165) is 44.9 Å².